The van der Waals surface area contributed by atoms with Gasteiger partial charge in [0.05, 0.1) is 18.8 Å². The van der Waals surface area contributed by atoms with Gasteiger partial charge in [-0.15, -0.1) is 0 Å². The lowest BCUT2D eigenvalue weighted by atomic mass is 10.1. The lowest BCUT2D eigenvalue weighted by Crippen LogP contribution is -2.20. The van der Waals surface area contributed by atoms with Crippen LogP contribution in [0.5, 0.6) is 5.75 Å². The maximum absolute atomic E-state index is 13.7. The van der Waals surface area contributed by atoms with E-state index in [2.05, 4.69) is 5.32 Å². The molecule has 0 spiro atoms. The number of thiophene rings is 1. The number of rotatable bonds is 5. The molecule has 2 aromatic rings. The lowest BCUT2D eigenvalue weighted by Gasteiger charge is -2.18. The SMILES string of the molecule is COc1ccc(F)c(NC(CN)c2ccsc2)c1. The van der Waals surface area contributed by atoms with Crippen LogP contribution in [0.25, 0.3) is 0 Å². The topological polar surface area (TPSA) is 47.3 Å². The number of hydrogen-bond acceptors (Lipinski definition) is 4. The second-order valence-corrected chi connectivity index (χ2v) is 4.62. The number of nitrogens with two attached hydrogens (primary N) is 1. The fourth-order valence-electron chi connectivity index (χ4n) is 1.68. The summed E-state index contributed by atoms with van der Waals surface area (Å²) in [6.07, 6.45) is 0. The molecule has 0 saturated heterocycles. The lowest BCUT2D eigenvalue weighted by molar-refractivity contribution is 0.414. The molecular formula is C13H15FN2OS. The van der Waals surface area contributed by atoms with Crippen molar-refractivity contribution < 1.29 is 9.13 Å². The van der Waals surface area contributed by atoms with Gasteiger partial charge in [0, 0.05) is 12.6 Å². The first-order valence-electron chi connectivity index (χ1n) is 5.57. The molecule has 0 aliphatic carbocycles. The first kappa shape index (κ1) is 12.9. The number of benzene rings is 1. The van der Waals surface area contributed by atoms with Crippen LogP contribution >= 0.6 is 11.3 Å². The van der Waals surface area contributed by atoms with Gasteiger partial charge in [0.25, 0.3) is 0 Å². The molecule has 1 heterocycles. The maximum Gasteiger partial charge on any atom is 0.146 e. The number of nitrogens with one attached hydrogen (secondary N) is 1. The molecule has 0 aliphatic rings. The summed E-state index contributed by atoms with van der Waals surface area (Å²) >= 11 is 1.59. The first-order chi connectivity index (χ1) is 8.74. The van der Waals surface area contributed by atoms with Crippen molar-refractivity contribution in [1.29, 1.82) is 0 Å². The van der Waals surface area contributed by atoms with Crippen LogP contribution in [0.2, 0.25) is 0 Å². The molecule has 18 heavy (non-hydrogen) atoms. The average molecular weight is 266 g/mol. The van der Waals surface area contributed by atoms with Crippen molar-refractivity contribution in [2.75, 3.05) is 19.0 Å². The molecule has 0 fully saturated rings. The molecule has 0 bridgehead atoms. The van der Waals surface area contributed by atoms with Crippen LogP contribution in [-0.4, -0.2) is 13.7 Å². The summed E-state index contributed by atoms with van der Waals surface area (Å²) in [4.78, 5) is 0. The van der Waals surface area contributed by atoms with Gasteiger partial charge >= 0.3 is 0 Å². The predicted octanol–water partition coefficient (Wildman–Crippen LogP) is 3.01. The predicted molar refractivity (Wildman–Crippen MR) is 72.7 cm³/mol. The molecule has 1 atom stereocenters. The van der Waals surface area contributed by atoms with Crippen LogP contribution in [0.15, 0.2) is 35.0 Å². The maximum atomic E-state index is 13.7. The van der Waals surface area contributed by atoms with Gasteiger partial charge in [0.1, 0.15) is 11.6 Å². The molecule has 3 nitrogen and oxygen atoms in total. The summed E-state index contributed by atoms with van der Waals surface area (Å²) in [6, 6.07) is 6.47. The van der Waals surface area contributed by atoms with E-state index >= 15 is 0 Å². The fraction of sp³-hybridized carbons (Fsp3) is 0.231. The molecule has 5 heteroatoms. The molecule has 0 radical (unpaired) electrons. The Labute approximate surface area is 109 Å². The third kappa shape index (κ3) is 2.80. The van der Waals surface area contributed by atoms with E-state index in [1.54, 1.807) is 30.6 Å². The molecule has 1 aromatic heterocycles. The van der Waals surface area contributed by atoms with Gasteiger partial charge in [-0.05, 0) is 34.5 Å². The quantitative estimate of drug-likeness (QED) is 0.874. The van der Waals surface area contributed by atoms with Crippen molar-refractivity contribution >= 4 is 17.0 Å². The van der Waals surface area contributed by atoms with Gasteiger partial charge in [-0.25, -0.2) is 4.39 Å². The smallest absolute Gasteiger partial charge is 0.146 e. The van der Waals surface area contributed by atoms with Gasteiger partial charge in [0.2, 0.25) is 0 Å². The zero-order chi connectivity index (χ0) is 13.0. The van der Waals surface area contributed by atoms with E-state index in [0.717, 1.165) is 5.56 Å². The van der Waals surface area contributed by atoms with Crippen molar-refractivity contribution in [3.05, 3.63) is 46.4 Å². The van der Waals surface area contributed by atoms with E-state index in [0.29, 0.717) is 18.0 Å². The highest BCUT2D eigenvalue weighted by molar-refractivity contribution is 7.08. The highest BCUT2D eigenvalue weighted by Crippen LogP contribution is 2.26. The van der Waals surface area contributed by atoms with E-state index in [1.165, 1.54) is 6.07 Å². The minimum absolute atomic E-state index is 0.0992. The number of hydrogen-bond donors (Lipinski definition) is 2. The highest BCUT2D eigenvalue weighted by atomic mass is 32.1. The number of methoxy groups -OCH3 is 1. The molecule has 0 amide bonds. The van der Waals surface area contributed by atoms with E-state index in [1.807, 2.05) is 16.8 Å². The summed E-state index contributed by atoms with van der Waals surface area (Å²) in [5.41, 5.74) is 7.18. The summed E-state index contributed by atoms with van der Waals surface area (Å²) in [5, 5.41) is 7.08. The zero-order valence-corrected chi connectivity index (χ0v) is 10.8. The van der Waals surface area contributed by atoms with E-state index < -0.39 is 0 Å². The van der Waals surface area contributed by atoms with Crippen molar-refractivity contribution in [1.82, 2.24) is 0 Å². The Bertz CT molecular complexity index is 502. The number of ether oxygens (including phenoxy) is 1. The van der Waals surface area contributed by atoms with Crippen molar-refractivity contribution in [3.63, 3.8) is 0 Å². The Morgan fingerprint density at radius 3 is 2.89 bits per heavy atom. The van der Waals surface area contributed by atoms with Gasteiger partial charge in [-0.1, -0.05) is 0 Å². The molecule has 2 rings (SSSR count). The second-order valence-electron chi connectivity index (χ2n) is 3.84. The standard InChI is InChI=1S/C13H15FN2OS/c1-17-10-2-3-11(14)12(6-10)16-13(7-15)9-4-5-18-8-9/h2-6,8,13,16H,7,15H2,1H3. The monoisotopic (exact) mass is 266 g/mol. The minimum atomic E-state index is -0.315. The van der Waals surface area contributed by atoms with Crippen LogP contribution in [-0.2, 0) is 0 Å². The first-order valence-corrected chi connectivity index (χ1v) is 6.51. The summed E-state index contributed by atoms with van der Waals surface area (Å²) in [6.45, 7) is 0.396. The van der Waals surface area contributed by atoms with Crippen LogP contribution in [0, 0.1) is 5.82 Å². The van der Waals surface area contributed by atoms with Crippen molar-refractivity contribution in [2.45, 2.75) is 6.04 Å². The van der Waals surface area contributed by atoms with E-state index in [4.69, 9.17) is 10.5 Å². The van der Waals surface area contributed by atoms with Crippen LogP contribution in [0.4, 0.5) is 10.1 Å². The summed E-state index contributed by atoms with van der Waals surface area (Å²) in [5.74, 6) is 0.296. The van der Waals surface area contributed by atoms with Crippen LogP contribution < -0.4 is 15.8 Å². The Morgan fingerprint density at radius 2 is 2.28 bits per heavy atom. The van der Waals surface area contributed by atoms with Crippen LogP contribution in [0.1, 0.15) is 11.6 Å². The zero-order valence-electron chi connectivity index (χ0n) is 10.0. The Morgan fingerprint density at radius 1 is 1.44 bits per heavy atom. The van der Waals surface area contributed by atoms with Crippen molar-refractivity contribution in [3.8, 4) is 5.75 Å². The fourth-order valence-corrected chi connectivity index (χ4v) is 2.40. The van der Waals surface area contributed by atoms with E-state index in [-0.39, 0.29) is 11.9 Å². The summed E-state index contributed by atoms with van der Waals surface area (Å²) in [7, 11) is 1.55. The summed E-state index contributed by atoms with van der Waals surface area (Å²) < 4.78 is 18.8. The van der Waals surface area contributed by atoms with Crippen molar-refractivity contribution in [2.24, 2.45) is 5.73 Å². The number of anilines is 1. The Kier molecular flexibility index (Phi) is 4.17. The largest absolute Gasteiger partial charge is 0.497 e. The molecular weight excluding hydrogens is 251 g/mol. The Balaban J connectivity index is 2.21. The third-order valence-electron chi connectivity index (χ3n) is 2.68. The minimum Gasteiger partial charge on any atom is -0.497 e. The molecule has 0 saturated carbocycles. The van der Waals surface area contributed by atoms with Crippen LogP contribution in [0.3, 0.4) is 0 Å². The molecule has 1 aromatic carbocycles. The molecule has 3 N–H and O–H groups in total. The Hall–Kier alpha value is -1.59. The third-order valence-corrected chi connectivity index (χ3v) is 3.39. The van der Waals surface area contributed by atoms with Gasteiger partial charge < -0.3 is 15.8 Å². The van der Waals surface area contributed by atoms with Gasteiger partial charge in [-0.2, -0.15) is 11.3 Å². The second kappa shape index (κ2) is 5.84. The normalized spacial score (nSPS) is 12.2. The van der Waals surface area contributed by atoms with Gasteiger partial charge in [-0.3, -0.25) is 0 Å². The number of halogens is 1. The highest BCUT2D eigenvalue weighted by Gasteiger charge is 2.12. The molecule has 0 aliphatic heterocycles. The van der Waals surface area contributed by atoms with E-state index in [9.17, 15) is 4.39 Å². The molecule has 1 unspecified atom stereocenters. The van der Waals surface area contributed by atoms with Gasteiger partial charge in [0.15, 0.2) is 0 Å². The molecule has 96 valence electrons. The average Bonchev–Trinajstić information content (AvgIpc) is 2.91.